The highest BCUT2D eigenvalue weighted by molar-refractivity contribution is 5.90. The first-order valence-electron chi connectivity index (χ1n) is 10.3. The van der Waals surface area contributed by atoms with Crippen molar-refractivity contribution in [1.29, 1.82) is 5.41 Å². The number of halogens is 1. The van der Waals surface area contributed by atoms with Gasteiger partial charge in [-0.2, -0.15) is 0 Å². The van der Waals surface area contributed by atoms with Crippen LogP contribution in [-0.2, 0) is 9.53 Å². The monoisotopic (exact) mass is 452 g/mol. The molecule has 1 saturated heterocycles. The van der Waals surface area contributed by atoms with Gasteiger partial charge < -0.3 is 20.3 Å². The molecule has 2 amide bonds. The zero-order valence-electron chi connectivity index (χ0n) is 18.2. The SMILES string of the molecule is C#CCNCCN(C=N)c1ccc(-c2ccc(N3CC(CNC(C)=O)OC3=O)cc2F)cn1. The molecule has 0 saturated carbocycles. The van der Waals surface area contributed by atoms with E-state index in [1.807, 2.05) is 0 Å². The lowest BCUT2D eigenvalue weighted by Crippen LogP contribution is -2.33. The largest absolute Gasteiger partial charge is 0.442 e. The number of ether oxygens (including phenoxy) is 1. The minimum atomic E-state index is -0.591. The van der Waals surface area contributed by atoms with Crippen LogP contribution in [0, 0.1) is 23.6 Å². The summed E-state index contributed by atoms with van der Waals surface area (Å²) in [4.78, 5) is 30.5. The van der Waals surface area contributed by atoms with Crippen LogP contribution in [0.5, 0.6) is 0 Å². The minimum Gasteiger partial charge on any atom is -0.442 e. The first-order valence-corrected chi connectivity index (χ1v) is 10.3. The maximum atomic E-state index is 14.9. The van der Waals surface area contributed by atoms with Gasteiger partial charge in [0.25, 0.3) is 0 Å². The van der Waals surface area contributed by atoms with Gasteiger partial charge in [0, 0.05) is 37.3 Å². The molecule has 3 rings (SSSR count). The predicted molar refractivity (Wildman–Crippen MR) is 124 cm³/mol. The third-order valence-electron chi connectivity index (χ3n) is 4.98. The summed E-state index contributed by atoms with van der Waals surface area (Å²) in [5.74, 6) is 2.31. The summed E-state index contributed by atoms with van der Waals surface area (Å²) in [6.07, 6.45) is 6.81. The standard InChI is InChI=1S/C23H25FN6O3/c1-3-8-26-9-10-29(15-25)22-7-4-17(12-28-22)20-6-5-18(11-21(20)24)30-14-19(33-23(30)32)13-27-16(2)31/h1,4-7,11-12,15,19,25-26H,8-10,13-14H2,2H3,(H,27,31). The summed E-state index contributed by atoms with van der Waals surface area (Å²) < 4.78 is 20.1. The van der Waals surface area contributed by atoms with Gasteiger partial charge in [-0.05, 0) is 30.3 Å². The molecular weight excluding hydrogens is 427 g/mol. The maximum Gasteiger partial charge on any atom is 0.414 e. The average molecular weight is 452 g/mol. The Kier molecular flexibility index (Phi) is 7.94. The third kappa shape index (κ3) is 6.05. The average Bonchev–Trinajstić information content (AvgIpc) is 3.18. The lowest BCUT2D eigenvalue weighted by atomic mass is 10.1. The second-order valence-electron chi connectivity index (χ2n) is 7.33. The highest BCUT2D eigenvalue weighted by atomic mass is 19.1. The number of aromatic nitrogens is 1. The van der Waals surface area contributed by atoms with Crippen LogP contribution in [0.1, 0.15) is 6.92 Å². The molecule has 1 fully saturated rings. The van der Waals surface area contributed by atoms with Gasteiger partial charge in [-0.25, -0.2) is 14.2 Å². The minimum absolute atomic E-state index is 0.197. The number of carbonyl (C=O) groups excluding carboxylic acids is 2. The molecule has 10 heteroatoms. The van der Waals surface area contributed by atoms with Crippen LogP contribution in [0.15, 0.2) is 36.5 Å². The van der Waals surface area contributed by atoms with E-state index in [1.54, 1.807) is 29.2 Å². The normalized spacial score (nSPS) is 15.0. The Morgan fingerprint density at radius 1 is 1.45 bits per heavy atom. The van der Waals surface area contributed by atoms with Gasteiger partial charge in [-0.3, -0.25) is 15.1 Å². The molecule has 1 unspecified atom stereocenters. The molecule has 2 heterocycles. The molecule has 1 aliphatic heterocycles. The van der Waals surface area contributed by atoms with Gasteiger partial charge >= 0.3 is 6.09 Å². The van der Waals surface area contributed by atoms with Crippen molar-refractivity contribution in [2.45, 2.75) is 13.0 Å². The van der Waals surface area contributed by atoms with E-state index in [-0.39, 0.29) is 19.0 Å². The van der Waals surface area contributed by atoms with E-state index in [0.717, 1.165) is 0 Å². The maximum absolute atomic E-state index is 14.9. The number of benzene rings is 1. The fourth-order valence-corrected chi connectivity index (χ4v) is 3.32. The Bertz CT molecular complexity index is 1050. The zero-order valence-corrected chi connectivity index (χ0v) is 18.2. The van der Waals surface area contributed by atoms with Crippen LogP contribution in [0.4, 0.5) is 20.7 Å². The van der Waals surface area contributed by atoms with Crippen LogP contribution < -0.4 is 20.4 Å². The molecule has 33 heavy (non-hydrogen) atoms. The van der Waals surface area contributed by atoms with Crippen molar-refractivity contribution >= 4 is 29.8 Å². The summed E-state index contributed by atoms with van der Waals surface area (Å²) in [5, 5.41) is 13.2. The van der Waals surface area contributed by atoms with E-state index >= 15 is 0 Å². The van der Waals surface area contributed by atoms with Crippen molar-refractivity contribution in [2.75, 3.05) is 42.5 Å². The van der Waals surface area contributed by atoms with Gasteiger partial charge in [0.15, 0.2) is 0 Å². The van der Waals surface area contributed by atoms with Crippen LogP contribution in [0.25, 0.3) is 11.1 Å². The van der Waals surface area contributed by atoms with Crippen molar-refractivity contribution in [3.8, 4) is 23.5 Å². The zero-order chi connectivity index (χ0) is 23.8. The highest BCUT2D eigenvalue weighted by Crippen LogP contribution is 2.29. The molecule has 1 aromatic heterocycles. The quantitative estimate of drug-likeness (QED) is 0.220. The summed E-state index contributed by atoms with van der Waals surface area (Å²) in [6, 6.07) is 7.91. The van der Waals surface area contributed by atoms with E-state index in [1.165, 1.54) is 30.4 Å². The van der Waals surface area contributed by atoms with E-state index in [9.17, 15) is 14.0 Å². The van der Waals surface area contributed by atoms with Crippen LogP contribution >= 0.6 is 0 Å². The fraction of sp³-hybridized carbons (Fsp3) is 0.304. The number of anilines is 2. The van der Waals surface area contributed by atoms with Crippen molar-refractivity contribution in [2.24, 2.45) is 0 Å². The summed E-state index contributed by atoms with van der Waals surface area (Å²) in [6.45, 7) is 3.33. The van der Waals surface area contributed by atoms with Gasteiger partial charge in [-0.1, -0.05) is 5.92 Å². The number of nitrogens with one attached hydrogen (secondary N) is 3. The molecule has 1 aliphatic rings. The highest BCUT2D eigenvalue weighted by Gasteiger charge is 2.32. The number of rotatable bonds is 10. The summed E-state index contributed by atoms with van der Waals surface area (Å²) in [5.41, 5.74) is 1.26. The first kappa shape index (κ1) is 23.7. The van der Waals surface area contributed by atoms with Crippen LogP contribution in [0.3, 0.4) is 0 Å². The molecule has 3 N–H and O–H groups in total. The topological polar surface area (TPSA) is 111 Å². The third-order valence-corrected chi connectivity index (χ3v) is 4.98. The molecule has 172 valence electrons. The van der Waals surface area contributed by atoms with Crippen LogP contribution in [-0.4, -0.2) is 62.2 Å². The number of carbonyl (C=O) groups is 2. The molecule has 0 aliphatic carbocycles. The van der Waals surface area contributed by atoms with Crippen molar-refractivity contribution in [3.05, 3.63) is 42.3 Å². The van der Waals surface area contributed by atoms with E-state index < -0.39 is 18.0 Å². The summed E-state index contributed by atoms with van der Waals surface area (Å²) in [7, 11) is 0. The van der Waals surface area contributed by atoms with Crippen molar-refractivity contribution in [3.63, 3.8) is 0 Å². The number of amides is 2. The Hall–Kier alpha value is -3.97. The van der Waals surface area contributed by atoms with Gasteiger partial charge in [0.05, 0.1) is 31.7 Å². The first-order chi connectivity index (χ1) is 15.9. The van der Waals surface area contributed by atoms with Gasteiger partial charge in [0.1, 0.15) is 17.7 Å². The fourth-order valence-electron chi connectivity index (χ4n) is 3.32. The molecular formula is C23H25FN6O3. The smallest absolute Gasteiger partial charge is 0.414 e. The second-order valence-corrected chi connectivity index (χ2v) is 7.33. The van der Waals surface area contributed by atoms with E-state index in [4.69, 9.17) is 16.6 Å². The molecule has 0 bridgehead atoms. The number of nitrogens with zero attached hydrogens (tertiary/aromatic N) is 3. The second kappa shape index (κ2) is 11.1. The number of hydrogen-bond donors (Lipinski definition) is 3. The Labute approximate surface area is 191 Å². The molecule has 2 aromatic rings. The number of pyridine rings is 1. The Morgan fingerprint density at radius 2 is 2.27 bits per heavy atom. The van der Waals surface area contributed by atoms with Crippen LogP contribution in [0.2, 0.25) is 0 Å². The Balaban J connectivity index is 1.68. The summed E-state index contributed by atoms with van der Waals surface area (Å²) >= 11 is 0. The van der Waals surface area contributed by atoms with Gasteiger partial charge in [-0.15, -0.1) is 6.42 Å². The number of hydrogen-bond acceptors (Lipinski definition) is 6. The van der Waals surface area contributed by atoms with Crippen molar-refractivity contribution < 1.29 is 18.7 Å². The molecule has 0 radical (unpaired) electrons. The Morgan fingerprint density at radius 3 is 2.91 bits per heavy atom. The van der Waals surface area contributed by atoms with E-state index in [0.29, 0.717) is 42.3 Å². The van der Waals surface area contributed by atoms with Crippen molar-refractivity contribution in [1.82, 2.24) is 15.6 Å². The number of terminal acetylenes is 1. The van der Waals surface area contributed by atoms with E-state index in [2.05, 4.69) is 21.5 Å². The lowest BCUT2D eigenvalue weighted by molar-refractivity contribution is -0.119. The molecule has 0 spiro atoms. The number of cyclic esters (lactones) is 1. The van der Waals surface area contributed by atoms with Gasteiger partial charge in [0.2, 0.25) is 5.91 Å². The molecule has 1 atom stereocenters. The predicted octanol–water partition coefficient (Wildman–Crippen LogP) is 1.99. The lowest BCUT2D eigenvalue weighted by Gasteiger charge is -2.18. The molecule has 9 nitrogen and oxygen atoms in total. The molecule has 1 aromatic carbocycles.